The van der Waals surface area contributed by atoms with Crippen molar-refractivity contribution in [2.75, 3.05) is 11.5 Å². The van der Waals surface area contributed by atoms with E-state index in [1.54, 1.807) is 12.2 Å². The third-order valence-electron chi connectivity index (χ3n) is 1.19. The molecule has 0 aliphatic carbocycles. The highest BCUT2D eigenvalue weighted by Gasteiger charge is 2.20. The van der Waals surface area contributed by atoms with Crippen molar-refractivity contribution in [1.29, 1.82) is 0 Å². The second-order valence-corrected chi connectivity index (χ2v) is 4.48. The first-order valence-electron chi connectivity index (χ1n) is 3.24. The van der Waals surface area contributed by atoms with Gasteiger partial charge in [-0.1, -0.05) is 17.8 Å². The maximum Gasteiger partial charge on any atom is 0.212 e. The fourth-order valence-electron chi connectivity index (χ4n) is 0.622. The van der Waals surface area contributed by atoms with Crippen LogP contribution in [0.1, 0.15) is 6.92 Å². The van der Waals surface area contributed by atoms with Gasteiger partial charge in [-0.2, -0.15) is 11.8 Å². The van der Waals surface area contributed by atoms with E-state index in [9.17, 15) is 4.79 Å². The number of carbonyl (C=O) groups is 1. The fourth-order valence-corrected chi connectivity index (χ4v) is 2.71. The average molecular weight is 174 g/mol. The lowest BCUT2D eigenvalue weighted by Gasteiger charge is -2.22. The molecule has 0 saturated carbocycles. The fraction of sp³-hybridized carbons (Fsp3) is 0.571. The minimum Gasteiger partial charge on any atom is -0.282 e. The average Bonchev–Trinajstić information content (AvgIpc) is 1.80. The molecule has 1 nitrogen and oxygen atoms in total. The molecule has 0 aromatic carbocycles. The first-order chi connectivity index (χ1) is 4.83. The van der Waals surface area contributed by atoms with Crippen molar-refractivity contribution in [3.8, 4) is 0 Å². The maximum absolute atomic E-state index is 10.9. The zero-order chi connectivity index (χ0) is 7.40. The lowest BCUT2D eigenvalue weighted by atomic mass is 10.5. The van der Waals surface area contributed by atoms with E-state index in [-0.39, 0.29) is 5.12 Å². The van der Waals surface area contributed by atoms with Crippen LogP contribution in [0.4, 0.5) is 0 Å². The molecule has 1 aliphatic heterocycles. The van der Waals surface area contributed by atoms with Crippen LogP contribution in [-0.4, -0.2) is 21.9 Å². The van der Waals surface area contributed by atoms with Gasteiger partial charge in [-0.3, -0.25) is 4.79 Å². The zero-order valence-electron chi connectivity index (χ0n) is 5.87. The number of hydrogen-bond donors (Lipinski definition) is 0. The highest BCUT2D eigenvalue weighted by Crippen LogP contribution is 2.29. The third kappa shape index (κ3) is 2.39. The highest BCUT2D eigenvalue weighted by molar-refractivity contribution is 8.17. The summed E-state index contributed by atoms with van der Waals surface area (Å²) >= 11 is 3.37. The van der Waals surface area contributed by atoms with Gasteiger partial charge in [-0.05, 0) is 13.0 Å². The number of rotatable bonds is 2. The second kappa shape index (κ2) is 4.09. The van der Waals surface area contributed by atoms with E-state index in [1.807, 2.05) is 18.7 Å². The van der Waals surface area contributed by atoms with Crippen molar-refractivity contribution < 1.29 is 4.79 Å². The summed E-state index contributed by atoms with van der Waals surface area (Å²) in [6.07, 6.45) is 3.43. The Kier molecular flexibility index (Phi) is 3.35. The normalized spacial score (nSPS) is 19.3. The Morgan fingerprint density at radius 1 is 1.70 bits per heavy atom. The van der Waals surface area contributed by atoms with Crippen LogP contribution >= 0.6 is 23.5 Å². The van der Waals surface area contributed by atoms with Crippen LogP contribution in [0.15, 0.2) is 12.2 Å². The van der Waals surface area contributed by atoms with Gasteiger partial charge in [-0.25, -0.2) is 0 Å². The Balaban J connectivity index is 2.17. The van der Waals surface area contributed by atoms with Crippen LogP contribution in [0.2, 0.25) is 0 Å². The number of thioether (sulfide) groups is 2. The molecule has 56 valence electrons. The minimum absolute atomic E-state index is 0.202. The number of allylic oxidation sites excluding steroid dienone is 1. The lowest BCUT2D eigenvalue weighted by Crippen LogP contribution is -2.21. The molecule has 3 heteroatoms. The van der Waals surface area contributed by atoms with Crippen LogP contribution in [0.5, 0.6) is 0 Å². The Morgan fingerprint density at radius 2 is 2.40 bits per heavy atom. The van der Waals surface area contributed by atoms with E-state index in [0.29, 0.717) is 5.25 Å². The summed E-state index contributed by atoms with van der Waals surface area (Å²) in [5.41, 5.74) is 0. The van der Waals surface area contributed by atoms with Crippen molar-refractivity contribution >= 4 is 28.6 Å². The van der Waals surface area contributed by atoms with Gasteiger partial charge in [0, 0.05) is 16.8 Å². The van der Waals surface area contributed by atoms with Crippen LogP contribution in [0, 0.1) is 0 Å². The van der Waals surface area contributed by atoms with Crippen LogP contribution in [0.25, 0.3) is 0 Å². The topological polar surface area (TPSA) is 17.1 Å². The SMILES string of the molecule is CC=CC(=O)SC1CSC1. The minimum atomic E-state index is 0.202. The summed E-state index contributed by atoms with van der Waals surface area (Å²) < 4.78 is 0. The first kappa shape index (κ1) is 8.21. The molecule has 1 rings (SSSR count). The van der Waals surface area contributed by atoms with Crippen molar-refractivity contribution in [2.24, 2.45) is 0 Å². The Hall–Kier alpha value is 0.110. The van der Waals surface area contributed by atoms with Gasteiger partial charge in [0.2, 0.25) is 5.12 Å². The van der Waals surface area contributed by atoms with E-state index in [4.69, 9.17) is 0 Å². The molecule has 0 spiro atoms. The van der Waals surface area contributed by atoms with E-state index in [0.717, 1.165) is 11.5 Å². The Labute approximate surface area is 69.6 Å². The molecule has 0 unspecified atom stereocenters. The summed E-state index contributed by atoms with van der Waals surface area (Å²) in [7, 11) is 0. The molecule has 0 aromatic heterocycles. The summed E-state index contributed by atoms with van der Waals surface area (Å²) in [5, 5.41) is 0.793. The van der Waals surface area contributed by atoms with Crippen molar-refractivity contribution in [3.63, 3.8) is 0 Å². The molecule has 1 heterocycles. The summed E-state index contributed by atoms with van der Waals surface area (Å²) in [6, 6.07) is 0. The van der Waals surface area contributed by atoms with E-state index < -0.39 is 0 Å². The molecule has 10 heavy (non-hydrogen) atoms. The lowest BCUT2D eigenvalue weighted by molar-refractivity contribution is -0.107. The predicted molar refractivity (Wildman–Crippen MR) is 48.5 cm³/mol. The molecule has 0 amide bonds. The van der Waals surface area contributed by atoms with Gasteiger partial charge in [0.05, 0.1) is 0 Å². The molecule has 1 fully saturated rings. The Bertz CT molecular complexity index is 150. The third-order valence-corrected chi connectivity index (χ3v) is 3.93. The smallest absolute Gasteiger partial charge is 0.212 e. The summed E-state index contributed by atoms with van der Waals surface area (Å²) in [4.78, 5) is 10.9. The predicted octanol–water partition coefficient (Wildman–Crippen LogP) is 1.94. The van der Waals surface area contributed by atoms with Crippen LogP contribution < -0.4 is 0 Å². The van der Waals surface area contributed by atoms with Crippen molar-refractivity contribution in [2.45, 2.75) is 12.2 Å². The molecular weight excluding hydrogens is 164 g/mol. The van der Waals surface area contributed by atoms with E-state index >= 15 is 0 Å². The molecule has 1 saturated heterocycles. The number of hydrogen-bond acceptors (Lipinski definition) is 3. The quantitative estimate of drug-likeness (QED) is 0.595. The van der Waals surface area contributed by atoms with Crippen LogP contribution in [0.3, 0.4) is 0 Å². The molecule has 0 atom stereocenters. The molecule has 0 aromatic rings. The maximum atomic E-state index is 10.9. The standard InChI is InChI=1S/C7H10OS2/c1-2-3-7(8)10-6-4-9-5-6/h2-3,6H,4-5H2,1H3. The number of carbonyl (C=O) groups excluding carboxylic acids is 1. The Morgan fingerprint density at radius 3 is 2.80 bits per heavy atom. The molecule has 0 N–H and O–H groups in total. The summed E-state index contributed by atoms with van der Waals surface area (Å²) in [6.45, 7) is 1.87. The van der Waals surface area contributed by atoms with Crippen molar-refractivity contribution in [3.05, 3.63) is 12.2 Å². The largest absolute Gasteiger partial charge is 0.282 e. The van der Waals surface area contributed by atoms with Gasteiger partial charge in [-0.15, -0.1) is 0 Å². The van der Waals surface area contributed by atoms with Gasteiger partial charge < -0.3 is 0 Å². The first-order valence-corrected chi connectivity index (χ1v) is 5.27. The highest BCUT2D eigenvalue weighted by atomic mass is 32.2. The molecule has 0 bridgehead atoms. The molecular formula is C7H10OS2. The molecule has 0 radical (unpaired) electrons. The molecule has 1 aliphatic rings. The van der Waals surface area contributed by atoms with E-state index in [2.05, 4.69) is 0 Å². The monoisotopic (exact) mass is 174 g/mol. The van der Waals surface area contributed by atoms with Crippen molar-refractivity contribution in [1.82, 2.24) is 0 Å². The van der Waals surface area contributed by atoms with Crippen LogP contribution in [-0.2, 0) is 4.79 Å². The zero-order valence-corrected chi connectivity index (χ0v) is 7.50. The second-order valence-electron chi connectivity index (χ2n) is 2.10. The van der Waals surface area contributed by atoms with Gasteiger partial charge >= 0.3 is 0 Å². The van der Waals surface area contributed by atoms with Gasteiger partial charge in [0.25, 0.3) is 0 Å². The summed E-state index contributed by atoms with van der Waals surface area (Å²) in [5.74, 6) is 2.29. The van der Waals surface area contributed by atoms with Gasteiger partial charge in [0.1, 0.15) is 0 Å². The van der Waals surface area contributed by atoms with Gasteiger partial charge in [0.15, 0.2) is 0 Å². The van der Waals surface area contributed by atoms with E-state index in [1.165, 1.54) is 11.8 Å².